The van der Waals surface area contributed by atoms with Gasteiger partial charge in [-0.2, -0.15) is 0 Å². The van der Waals surface area contributed by atoms with Crippen molar-refractivity contribution in [2.75, 3.05) is 20.6 Å². The summed E-state index contributed by atoms with van der Waals surface area (Å²) in [4.78, 5) is 0. The van der Waals surface area contributed by atoms with Crippen LogP contribution in [-0.4, -0.2) is 25.1 Å². The zero-order valence-electron chi connectivity index (χ0n) is 9.65. The number of hydrogen-bond donors (Lipinski definition) is 1. The van der Waals surface area contributed by atoms with Gasteiger partial charge >= 0.3 is 0 Å². The second kappa shape index (κ2) is 7.46. The molecule has 0 fully saturated rings. The lowest BCUT2D eigenvalue weighted by Gasteiger charge is -2.28. The Bertz CT molecular complexity index is 270. The number of rotatable bonds is 4. The van der Waals surface area contributed by atoms with E-state index in [-0.39, 0.29) is 18.6 Å². The van der Waals surface area contributed by atoms with Crippen molar-refractivity contribution in [2.24, 2.45) is 0 Å². The van der Waals surface area contributed by atoms with Crippen LogP contribution in [0.4, 0.5) is 0 Å². The molecule has 3 heteroatoms. The Morgan fingerprint density at radius 2 is 1.73 bits per heavy atom. The highest BCUT2D eigenvalue weighted by Crippen LogP contribution is 2.08. The number of quaternary nitrogens is 1. The van der Waals surface area contributed by atoms with Crippen molar-refractivity contribution in [3.05, 3.63) is 48.6 Å². The van der Waals surface area contributed by atoms with E-state index in [0.29, 0.717) is 0 Å². The molecule has 0 unspecified atom stereocenters. The maximum atomic E-state index is 3.77. The van der Waals surface area contributed by atoms with E-state index in [4.69, 9.17) is 0 Å². The SMILES string of the molecule is C=CC[N+](C)(C)Cc1ccccc1.Cl.N. The predicted octanol–water partition coefficient (Wildman–Crippen LogP) is 3.03. The van der Waals surface area contributed by atoms with Gasteiger partial charge in [0.05, 0.1) is 20.6 Å². The van der Waals surface area contributed by atoms with Gasteiger partial charge in [0, 0.05) is 5.56 Å². The van der Waals surface area contributed by atoms with Crippen molar-refractivity contribution < 1.29 is 4.48 Å². The fourth-order valence-corrected chi connectivity index (χ4v) is 1.49. The van der Waals surface area contributed by atoms with Crippen LogP contribution < -0.4 is 6.15 Å². The smallest absolute Gasteiger partial charge is 0.104 e. The number of likely N-dealkylation sites (N-methyl/N-ethyl adjacent to an activating group) is 1. The summed E-state index contributed by atoms with van der Waals surface area (Å²) < 4.78 is 0.966. The van der Waals surface area contributed by atoms with Crippen LogP contribution in [0, 0.1) is 0 Å². The van der Waals surface area contributed by atoms with Gasteiger partial charge in [0.15, 0.2) is 0 Å². The summed E-state index contributed by atoms with van der Waals surface area (Å²) in [6.45, 7) is 5.84. The number of benzene rings is 1. The molecule has 0 saturated heterocycles. The lowest BCUT2D eigenvalue weighted by molar-refractivity contribution is -0.897. The van der Waals surface area contributed by atoms with Gasteiger partial charge < -0.3 is 10.6 Å². The Balaban J connectivity index is 0. The summed E-state index contributed by atoms with van der Waals surface area (Å²) in [6, 6.07) is 10.6. The molecule has 2 nitrogen and oxygen atoms in total. The first-order valence-electron chi connectivity index (χ1n) is 4.61. The van der Waals surface area contributed by atoms with Gasteiger partial charge in [0.25, 0.3) is 0 Å². The fourth-order valence-electron chi connectivity index (χ4n) is 1.49. The summed E-state index contributed by atoms with van der Waals surface area (Å²) in [6.07, 6.45) is 1.98. The molecule has 1 aromatic rings. The second-order valence-corrected chi connectivity index (χ2v) is 4.05. The zero-order valence-corrected chi connectivity index (χ0v) is 10.5. The van der Waals surface area contributed by atoms with Gasteiger partial charge in [-0.05, 0) is 6.08 Å². The van der Waals surface area contributed by atoms with E-state index in [1.165, 1.54) is 5.56 Å². The molecule has 1 rings (SSSR count). The second-order valence-electron chi connectivity index (χ2n) is 4.05. The van der Waals surface area contributed by atoms with Gasteiger partial charge in [-0.25, -0.2) is 0 Å². The normalized spacial score (nSPS) is 9.73. The zero-order chi connectivity index (χ0) is 9.73. The van der Waals surface area contributed by atoms with Crippen LogP contribution in [0.1, 0.15) is 5.56 Å². The first kappa shape index (κ1) is 16.6. The lowest BCUT2D eigenvalue weighted by Crippen LogP contribution is -2.38. The minimum absolute atomic E-state index is 0. The van der Waals surface area contributed by atoms with Crippen LogP contribution in [0.15, 0.2) is 43.0 Å². The van der Waals surface area contributed by atoms with Crippen LogP contribution in [0.5, 0.6) is 0 Å². The van der Waals surface area contributed by atoms with E-state index < -0.39 is 0 Å². The highest BCUT2D eigenvalue weighted by molar-refractivity contribution is 5.85. The highest BCUT2D eigenvalue weighted by atomic mass is 35.5. The summed E-state index contributed by atoms with van der Waals surface area (Å²) in [7, 11) is 4.43. The molecule has 0 aliphatic carbocycles. The molecule has 86 valence electrons. The van der Waals surface area contributed by atoms with Crippen molar-refractivity contribution in [1.82, 2.24) is 6.15 Å². The van der Waals surface area contributed by atoms with Crippen LogP contribution in [0.25, 0.3) is 0 Å². The largest absolute Gasteiger partial charge is 0.344 e. The molecule has 0 aliphatic rings. The first-order chi connectivity index (χ1) is 6.14. The molecule has 0 radical (unpaired) electrons. The molecule has 0 heterocycles. The summed E-state index contributed by atoms with van der Waals surface area (Å²) in [5.74, 6) is 0. The van der Waals surface area contributed by atoms with E-state index in [9.17, 15) is 0 Å². The van der Waals surface area contributed by atoms with E-state index >= 15 is 0 Å². The summed E-state index contributed by atoms with van der Waals surface area (Å²) in [5.41, 5.74) is 1.38. The Labute approximate surface area is 99.2 Å². The molecule has 0 saturated carbocycles. The minimum atomic E-state index is 0. The number of hydrogen-bond acceptors (Lipinski definition) is 1. The molecule has 0 aliphatic heterocycles. The first-order valence-corrected chi connectivity index (χ1v) is 4.61. The summed E-state index contributed by atoms with van der Waals surface area (Å²) >= 11 is 0. The predicted molar refractivity (Wildman–Crippen MR) is 69.6 cm³/mol. The molecular formula is C12H22ClN2+. The van der Waals surface area contributed by atoms with E-state index in [0.717, 1.165) is 17.6 Å². The third kappa shape index (κ3) is 6.28. The topological polar surface area (TPSA) is 35.0 Å². The minimum Gasteiger partial charge on any atom is -0.344 e. The standard InChI is InChI=1S/C12H18N.ClH.H3N/c1-4-10-13(2,3)11-12-8-6-5-7-9-12;;/h4-9H,1,10-11H2,2-3H3;1H;1H3/q+1;;. The average molecular weight is 230 g/mol. The Hall–Kier alpha value is -0.830. The monoisotopic (exact) mass is 229 g/mol. The van der Waals surface area contributed by atoms with Gasteiger partial charge in [-0.3, -0.25) is 0 Å². The van der Waals surface area contributed by atoms with E-state index in [2.05, 4.69) is 51.0 Å². The summed E-state index contributed by atoms with van der Waals surface area (Å²) in [5, 5.41) is 0. The van der Waals surface area contributed by atoms with Crippen molar-refractivity contribution in [3.8, 4) is 0 Å². The lowest BCUT2D eigenvalue weighted by atomic mass is 10.2. The fraction of sp³-hybridized carbons (Fsp3) is 0.333. The third-order valence-corrected chi connectivity index (χ3v) is 2.08. The average Bonchev–Trinajstić information content (AvgIpc) is 2.04. The molecule has 1 aromatic carbocycles. The van der Waals surface area contributed by atoms with Gasteiger partial charge in [0.1, 0.15) is 6.54 Å². The van der Waals surface area contributed by atoms with Crippen molar-refractivity contribution in [3.63, 3.8) is 0 Å². The van der Waals surface area contributed by atoms with Crippen molar-refractivity contribution in [1.29, 1.82) is 0 Å². The number of halogens is 1. The van der Waals surface area contributed by atoms with Gasteiger partial charge in [0.2, 0.25) is 0 Å². The molecule has 0 bridgehead atoms. The molecule has 0 aromatic heterocycles. The van der Waals surface area contributed by atoms with E-state index in [1.54, 1.807) is 0 Å². The molecule has 0 amide bonds. The van der Waals surface area contributed by atoms with Crippen LogP contribution in [0.2, 0.25) is 0 Å². The third-order valence-electron chi connectivity index (χ3n) is 2.08. The quantitative estimate of drug-likeness (QED) is 0.625. The molecule has 15 heavy (non-hydrogen) atoms. The molecular weight excluding hydrogens is 208 g/mol. The maximum Gasteiger partial charge on any atom is 0.104 e. The van der Waals surface area contributed by atoms with Gasteiger partial charge in [-0.15, -0.1) is 12.4 Å². The Morgan fingerprint density at radius 3 is 2.20 bits per heavy atom. The van der Waals surface area contributed by atoms with Gasteiger partial charge in [-0.1, -0.05) is 36.9 Å². The van der Waals surface area contributed by atoms with Crippen LogP contribution in [-0.2, 0) is 6.54 Å². The van der Waals surface area contributed by atoms with E-state index in [1.807, 2.05) is 6.08 Å². The number of nitrogens with zero attached hydrogens (tertiary/aromatic N) is 1. The molecule has 0 spiro atoms. The van der Waals surface area contributed by atoms with Crippen LogP contribution in [0.3, 0.4) is 0 Å². The Morgan fingerprint density at radius 1 is 1.20 bits per heavy atom. The van der Waals surface area contributed by atoms with Crippen molar-refractivity contribution >= 4 is 12.4 Å². The molecule has 0 atom stereocenters. The van der Waals surface area contributed by atoms with Crippen LogP contribution >= 0.6 is 12.4 Å². The van der Waals surface area contributed by atoms with Crippen molar-refractivity contribution in [2.45, 2.75) is 6.54 Å². The Kier molecular flexibility index (Phi) is 8.25. The maximum absolute atomic E-state index is 3.77. The molecule has 3 N–H and O–H groups in total. The highest BCUT2D eigenvalue weighted by Gasteiger charge is 2.12.